The normalized spacial score (nSPS) is 10.2. The molecule has 0 aliphatic rings. The maximum absolute atomic E-state index is 11.5. The Kier molecular flexibility index (Phi) is 4.08. The summed E-state index contributed by atoms with van der Waals surface area (Å²) < 4.78 is 5.30. The first kappa shape index (κ1) is 14.1. The summed E-state index contributed by atoms with van der Waals surface area (Å²) in [5.74, 6) is 0.628. The minimum Gasteiger partial charge on any atom is -0.496 e. The Morgan fingerprint density at radius 3 is 2.10 bits per heavy atom. The molecule has 0 fully saturated rings. The Morgan fingerprint density at radius 1 is 1.00 bits per heavy atom. The van der Waals surface area contributed by atoms with E-state index in [0.29, 0.717) is 11.3 Å². The molecule has 0 aliphatic carbocycles. The maximum Gasteiger partial charge on any atom is 0.163 e. The predicted molar refractivity (Wildman–Crippen MR) is 82.8 cm³/mol. The van der Waals surface area contributed by atoms with Gasteiger partial charge in [0.05, 0.1) is 12.7 Å². The molecule has 0 saturated heterocycles. The molecule has 0 unspecified atom stereocenters. The monoisotopic (exact) mass is 269 g/mol. The fraction of sp³-hybridized carbons (Fsp3) is 0.235. The minimum absolute atomic E-state index is 0.0105. The van der Waals surface area contributed by atoms with Crippen molar-refractivity contribution >= 4 is 11.5 Å². The van der Waals surface area contributed by atoms with Gasteiger partial charge in [0.2, 0.25) is 0 Å². The molecular weight excluding hydrogens is 250 g/mol. The van der Waals surface area contributed by atoms with Crippen molar-refractivity contribution in [3.8, 4) is 16.9 Å². The van der Waals surface area contributed by atoms with Crippen LogP contribution in [0.4, 0.5) is 5.69 Å². The zero-order chi connectivity index (χ0) is 14.7. The Morgan fingerprint density at radius 2 is 1.60 bits per heavy atom. The van der Waals surface area contributed by atoms with Crippen molar-refractivity contribution in [3.05, 3.63) is 48.0 Å². The van der Waals surface area contributed by atoms with Gasteiger partial charge in [-0.15, -0.1) is 0 Å². The number of methoxy groups -OCH3 is 1. The second kappa shape index (κ2) is 5.78. The van der Waals surface area contributed by atoms with E-state index < -0.39 is 0 Å². The van der Waals surface area contributed by atoms with Gasteiger partial charge in [0.15, 0.2) is 5.78 Å². The van der Waals surface area contributed by atoms with E-state index in [4.69, 9.17) is 4.74 Å². The van der Waals surface area contributed by atoms with Gasteiger partial charge in [-0.25, -0.2) is 0 Å². The number of carbonyl (C=O) groups excluding carboxylic acids is 1. The van der Waals surface area contributed by atoms with Gasteiger partial charge in [0, 0.05) is 19.8 Å². The number of ketones is 1. The van der Waals surface area contributed by atoms with E-state index in [9.17, 15) is 4.79 Å². The molecule has 0 bridgehead atoms. The zero-order valence-electron chi connectivity index (χ0n) is 12.3. The zero-order valence-corrected chi connectivity index (χ0v) is 12.3. The van der Waals surface area contributed by atoms with E-state index in [1.165, 1.54) is 0 Å². The van der Waals surface area contributed by atoms with Crippen LogP contribution in [0.15, 0.2) is 42.5 Å². The number of benzene rings is 2. The first-order valence-corrected chi connectivity index (χ1v) is 6.49. The molecule has 2 aromatic rings. The molecular formula is C17H19NO2. The number of hydrogen-bond acceptors (Lipinski definition) is 3. The van der Waals surface area contributed by atoms with Gasteiger partial charge in [-0.1, -0.05) is 18.2 Å². The van der Waals surface area contributed by atoms with E-state index in [-0.39, 0.29) is 5.78 Å². The average Bonchev–Trinajstić information content (AvgIpc) is 2.46. The van der Waals surface area contributed by atoms with Crippen LogP contribution in [0.25, 0.3) is 11.1 Å². The van der Waals surface area contributed by atoms with Crippen LogP contribution in [-0.4, -0.2) is 27.0 Å². The summed E-state index contributed by atoms with van der Waals surface area (Å²) in [6, 6.07) is 13.9. The summed E-state index contributed by atoms with van der Waals surface area (Å²) in [5, 5.41) is 0. The summed E-state index contributed by atoms with van der Waals surface area (Å²) in [4.78, 5) is 13.6. The standard InChI is InChI=1S/C17H19NO2/c1-12(19)16-10-7-14(11-17(16)20-4)13-5-8-15(9-6-13)18(2)3/h5-11H,1-4H3. The van der Waals surface area contributed by atoms with Crippen LogP contribution >= 0.6 is 0 Å². The van der Waals surface area contributed by atoms with Gasteiger partial charge in [-0.05, 0) is 42.3 Å². The van der Waals surface area contributed by atoms with Crippen molar-refractivity contribution in [3.63, 3.8) is 0 Å². The average molecular weight is 269 g/mol. The lowest BCUT2D eigenvalue weighted by Crippen LogP contribution is -2.07. The molecule has 2 aromatic carbocycles. The molecule has 20 heavy (non-hydrogen) atoms. The maximum atomic E-state index is 11.5. The van der Waals surface area contributed by atoms with Gasteiger partial charge in [0.1, 0.15) is 5.75 Å². The highest BCUT2D eigenvalue weighted by Crippen LogP contribution is 2.28. The van der Waals surface area contributed by atoms with Crippen LogP contribution in [0.5, 0.6) is 5.75 Å². The molecule has 3 nitrogen and oxygen atoms in total. The number of anilines is 1. The first-order valence-electron chi connectivity index (χ1n) is 6.49. The first-order chi connectivity index (χ1) is 9.52. The van der Waals surface area contributed by atoms with E-state index in [1.807, 2.05) is 32.3 Å². The third kappa shape index (κ3) is 2.82. The number of rotatable bonds is 4. The largest absolute Gasteiger partial charge is 0.496 e. The summed E-state index contributed by atoms with van der Waals surface area (Å²) >= 11 is 0. The molecule has 104 valence electrons. The minimum atomic E-state index is 0.0105. The third-order valence-corrected chi connectivity index (χ3v) is 3.30. The van der Waals surface area contributed by atoms with E-state index in [2.05, 4.69) is 29.2 Å². The van der Waals surface area contributed by atoms with Crippen molar-refractivity contribution in [1.29, 1.82) is 0 Å². The molecule has 0 spiro atoms. The second-order valence-electron chi connectivity index (χ2n) is 4.91. The van der Waals surface area contributed by atoms with E-state index in [1.54, 1.807) is 14.0 Å². The van der Waals surface area contributed by atoms with Crippen LogP contribution in [0.3, 0.4) is 0 Å². The van der Waals surface area contributed by atoms with Crippen LogP contribution in [0, 0.1) is 0 Å². The van der Waals surface area contributed by atoms with Crippen LogP contribution in [0.2, 0.25) is 0 Å². The molecule has 0 aliphatic heterocycles. The molecule has 0 aromatic heterocycles. The van der Waals surface area contributed by atoms with Crippen LogP contribution < -0.4 is 9.64 Å². The third-order valence-electron chi connectivity index (χ3n) is 3.30. The quantitative estimate of drug-likeness (QED) is 0.794. The molecule has 3 heteroatoms. The van der Waals surface area contributed by atoms with Crippen molar-refractivity contribution < 1.29 is 9.53 Å². The van der Waals surface area contributed by atoms with Crippen molar-refractivity contribution in [2.24, 2.45) is 0 Å². The number of hydrogen-bond donors (Lipinski definition) is 0. The fourth-order valence-electron chi connectivity index (χ4n) is 2.11. The number of nitrogens with zero attached hydrogens (tertiary/aromatic N) is 1. The smallest absolute Gasteiger partial charge is 0.163 e. The second-order valence-corrected chi connectivity index (χ2v) is 4.91. The Labute approximate surface area is 119 Å². The highest BCUT2D eigenvalue weighted by atomic mass is 16.5. The highest BCUT2D eigenvalue weighted by molar-refractivity contribution is 5.97. The molecule has 0 amide bonds. The predicted octanol–water partition coefficient (Wildman–Crippen LogP) is 3.63. The van der Waals surface area contributed by atoms with Crippen LogP contribution in [-0.2, 0) is 0 Å². The summed E-state index contributed by atoms with van der Waals surface area (Å²) in [6.45, 7) is 1.55. The lowest BCUT2D eigenvalue weighted by Gasteiger charge is -2.13. The van der Waals surface area contributed by atoms with Gasteiger partial charge in [-0.3, -0.25) is 4.79 Å². The summed E-state index contributed by atoms with van der Waals surface area (Å²) in [5.41, 5.74) is 3.91. The molecule has 0 heterocycles. The molecule has 2 rings (SSSR count). The van der Waals surface area contributed by atoms with Crippen molar-refractivity contribution in [1.82, 2.24) is 0 Å². The van der Waals surface area contributed by atoms with Crippen molar-refractivity contribution in [2.45, 2.75) is 6.92 Å². The molecule has 0 saturated carbocycles. The van der Waals surface area contributed by atoms with Gasteiger partial charge in [-0.2, -0.15) is 0 Å². The SMILES string of the molecule is COc1cc(-c2ccc(N(C)C)cc2)ccc1C(C)=O. The van der Waals surface area contributed by atoms with Crippen molar-refractivity contribution in [2.75, 3.05) is 26.1 Å². The Hall–Kier alpha value is -2.29. The highest BCUT2D eigenvalue weighted by Gasteiger charge is 2.09. The van der Waals surface area contributed by atoms with E-state index >= 15 is 0 Å². The van der Waals surface area contributed by atoms with Gasteiger partial charge >= 0.3 is 0 Å². The fourth-order valence-corrected chi connectivity index (χ4v) is 2.11. The summed E-state index contributed by atoms with van der Waals surface area (Å²) in [6.07, 6.45) is 0. The topological polar surface area (TPSA) is 29.5 Å². The Balaban J connectivity index is 2.40. The van der Waals surface area contributed by atoms with Gasteiger partial charge < -0.3 is 9.64 Å². The van der Waals surface area contributed by atoms with Gasteiger partial charge in [0.25, 0.3) is 0 Å². The molecule has 0 N–H and O–H groups in total. The molecule has 0 atom stereocenters. The summed E-state index contributed by atoms with van der Waals surface area (Å²) in [7, 11) is 5.61. The molecule has 0 radical (unpaired) electrons. The number of ether oxygens (including phenoxy) is 1. The lowest BCUT2D eigenvalue weighted by molar-refractivity contribution is 0.101. The Bertz CT molecular complexity index is 615. The lowest BCUT2D eigenvalue weighted by atomic mass is 10.0. The van der Waals surface area contributed by atoms with E-state index in [0.717, 1.165) is 16.8 Å². The number of carbonyl (C=O) groups is 1. The number of Topliss-reactive ketones (excluding diaryl/α,β-unsaturated/α-hetero) is 1. The van der Waals surface area contributed by atoms with Crippen LogP contribution in [0.1, 0.15) is 17.3 Å².